The SMILES string of the molecule is CCN(CC)C(CC)(CC)C(N)Cc1cc(Br)ccc1F. The minimum absolute atomic E-state index is 0.0712. The van der Waals surface area contributed by atoms with Crippen molar-refractivity contribution < 1.29 is 4.39 Å². The van der Waals surface area contributed by atoms with Crippen molar-refractivity contribution in [2.75, 3.05) is 13.1 Å². The summed E-state index contributed by atoms with van der Waals surface area (Å²) in [5.41, 5.74) is 7.17. The van der Waals surface area contributed by atoms with Crippen LogP contribution in [0.2, 0.25) is 0 Å². The average Bonchev–Trinajstić information content (AvgIpc) is 2.48. The molecule has 4 heteroatoms. The molecule has 120 valence electrons. The number of nitrogens with two attached hydrogens (primary N) is 1. The first-order valence-electron chi connectivity index (χ1n) is 7.89. The minimum atomic E-state index is -0.172. The van der Waals surface area contributed by atoms with Gasteiger partial charge in [0.2, 0.25) is 0 Å². The lowest BCUT2D eigenvalue weighted by atomic mass is 9.80. The van der Waals surface area contributed by atoms with Crippen LogP contribution < -0.4 is 5.73 Å². The zero-order chi connectivity index (χ0) is 16.0. The van der Waals surface area contributed by atoms with E-state index >= 15 is 0 Å². The van der Waals surface area contributed by atoms with Gasteiger partial charge in [-0.25, -0.2) is 4.39 Å². The molecule has 2 nitrogen and oxygen atoms in total. The standard InChI is InChI=1S/C17H28BrFN2/c1-5-17(6-2,21(7-3)8-4)16(20)12-13-11-14(18)9-10-15(13)19/h9-11,16H,5-8,12,20H2,1-4H3. The van der Waals surface area contributed by atoms with E-state index in [2.05, 4.69) is 48.5 Å². The lowest BCUT2D eigenvalue weighted by Crippen LogP contribution is -2.60. The highest BCUT2D eigenvalue weighted by Crippen LogP contribution is 2.29. The zero-order valence-electron chi connectivity index (χ0n) is 13.6. The Bertz CT molecular complexity index is 442. The van der Waals surface area contributed by atoms with Crippen LogP contribution in [-0.4, -0.2) is 29.6 Å². The quantitative estimate of drug-likeness (QED) is 0.747. The van der Waals surface area contributed by atoms with E-state index in [0.717, 1.165) is 30.4 Å². The maximum atomic E-state index is 14.0. The molecule has 0 heterocycles. The normalized spacial score (nSPS) is 13.7. The Kier molecular flexibility index (Phi) is 7.31. The molecule has 1 atom stereocenters. The van der Waals surface area contributed by atoms with Crippen molar-refractivity contribution in [3.63, 3.8) is 0 Å². The number of halogens is 2. The van der Waals surface area contributed by atoms with E-state index in [-0.39, 0.29) is 17.4 Å². The summed E-state index contributed by atoms with van der Waals surface area (Å²) in [5.74, 6) is -0.172. The molecule has 2 N–H and O–H groups in total. The topological polar surface area (TPSA) is 29.3 Å². The van der Waals surface area contributed by atoms with Crippen LogP contribution in [-0.2, 0) is 6.42 Å². The fourth-order valence-electron chi connectivity index (χ4n) is 3.44. The first kappa shape index (κ1) is 18.6. The molecule has 0 bridgehead atoms. The molecule has 0 spiro atoms. The molecule has 1 aromatic carbocycles. The van der Waals surface area contributed by atoms with Crippen LogP contribution in [0.5, 0.6) is 0 Å². The Hall–Kier alpha value is -0.450. The monoisotopic (exact) mass is 358 g/mol. The van der Waals surface area contributed by atoms with Gasteiger partial charge in [-0.3, -0.25) is 4.90 Å². The number of hydrogen-bond acceptors (Lipinski definition) is 2. The molecule has 0 aromatic heterocycles. The fourth-order valence-corrected chi connectivity index (χ4v) is 3.84. The minimum Gasteiger partial charge on any atom is -0.326 e. The van der Waals surface area contributed by atoms with Crippen LogP contribution in [0.25, 0.3) is 0 Å². The highest BCUT2D eigenvalue weighted by atomic mass is 79.9. The van der Waals surface area contributed by atoms with Gasteiger partial charge < -0.3 is 5.73 Å². The summed E-state index contributed by atoms with van der Waals surface area (Å²) in [7, 11) is 0. The maximum absolute atomic E-state index is 14.0. The van der Waals surface area contributed by atoms with Crippen molar-refractivity contribution >= 4 is 15.9 Å². The summed E-state index contributed by atoms with van der Waals surface area (Å²) in [4.78, 5) is 2.42. The molecule has 0 saturated carbocycles. The molecule has 1 unspecified atom stereocenters. The second-order valence-electron chi connectivity index (χ2n) is 5.53. The molecule has 0 aliphatic rings. The summed E-state index contributed by atoms with van der Waals surface area (Å²) in [6.07, 6.45) is 2.51. The molecule has 1 rings (SSSR count). The summed E-state index contributed by atoms with van der Waals surface area (Å²) in [5, 5.41) is 0. The van der Waals surface area contributed by atoms with E-state index in [1.807, 2.05) is 6.07 Å². The van der Waals surface area contributed by atoms with Crippen molar-refractivity contribution in [3.8, 4) is 0 Å². The van der Waals surface area contributed by atoms with Gasteiger partial charge in [0.25, 0.3) is 0 Å². The molecular weight excluding hydrogens is 331 g/mol. The summed E-state index contributed by atoms with van der Waals surface area (Å²) < 4.78 is 14.9. The van der Waals surface area contributed by atoms with E-state index in [4.69, 9.17) is 5.73 Å². The highest BCUT2D eigenvalue weighted by Gasteiger charge is 2.38. The zero-order valence-corrected chi connectivity index (χ0v) is 15.2. The molecule has 1 aromatic rings. The van der Waals surface area contributed by atoms with Gasteiger partial charge in [0.15, 0.2) is 0 Å². The lowest BCUT2D eigenvalue weighted by Gasteiger charge is -2.46. The highest BCUT2D eigenvalue weighted by molar-refractivity contribution is 9.10. The van der Waals surface area contributed by atoms with Gasteiger partial charge in [0.05, 0.1) is 0 Å². The third-order valence-corrected chi connectivity index (χ3v) is 5.25. The molecule has 0 radical (unpaired) electrons. The van der Waals surface area contributed by atoms with Crippen molar-refractivity contribution in [1.29, 1.82) is 0 Å². The third kappa shape index (κ3) is 4.05. The predicted octanol–water partition coefficient (Wildman–Crippen LogP) is 4.36. The summed E-state index contributed by atoms with van der Waals surface area (Å²) >= 11 is 3.41. The van der Waals surface area contributed by atoms with Crippen LogP contribution in [0.4, 0.5) is 4.39 Å². The summed E-state index contributed by atoms with van der Waals surface area (Å²) in [6, 6.07) is 4.98. The Morgan fingerprint density at radius 1 is 1.19 bits per heavy atom. The van der Waals surface area contributed by atoms with Gasteiger partial charge in [0.1, 0.15) is 5.82 Å². The van der Waals surface area contributed by atoms with E-state index in [0.29, 0.717) is 12.0 Å². The molecule has 0 amide bonds. The molecule has 0 saturated heterocycles. The Morgan fingerprint density at radius 2 is 1.76 bits per heavy atom. The van der Waals surface area contributed by atoms with Crippen molar-refractivity contribution in [1.82, 2.24) is 4.90 Å². The van der Waals surface area contributed by atoms with Crippen LogP contribution in [0.15, 0.2) is 22.7 Å². The van der Waals surface area contributed by atoms with Gasteiger partial charge in [-0.15, -0.1) is 0 Å². The van der Waals surface area contributed by atoms with E-state index < -0.39 is 0 Å². The fraction of sp³-hybridized carbons (Fsp3) is 0.647. The Morgan fingerprint density at radius 3 is 2.24 bits per heavy atom. The Labute approximate surface area is 137 Å². The molecule has 0 aliphatic carbocycles. The van der Waals surface area contributed by atoms with Crippen LogP contribution >= 0.6 is 15.9 Å². The predicted molar refractivity (Wildman–Crippen MR) is 92.0 cm³/mol. The van der Waals surface area contributed by atoms with E-state index in [9.17, 15) is 4.39 Å². The number of likely N-dealkylation sites (N-methyl/N-ethyl adjacent to an activating group) is 1. The second kappa shape index (κ2) is 8.25. The number of hydrogen-bond donors (Lipinski definition) is 1. The van der Waals surface area contributed by atoms with Gasteiger partial charge in [-0.1, -0.05) is 43.6 Å². The van der Waals surface area contributed by atoms with Crippen molar-refractivity contribution in [2.24, 2.45) is 5.73 Å². The largest absolute Gasteiger partial charge is 0.326 e. The van der Waals surface area contributed by atoms with Crippen LogP contribution in [0.3, 0.4) is 0 Å². The van der Waals surface area contributed by atoms with Gasteiger partial charge in [-0.05, 0) is 56.1 Å². The lowest BCUT2D eigenvalue weighted by molar-refractivity contribution is 0.0626. The van der Waals surface area contributed by atoms with Gasteiger partial charge in [-0.2, -0.15) is 0 Å². The number of benzene rings is 1. The van der Waals surface area contributed by atoms with Crippen molar-refractivity contribution in [3.05, 3.63) is 34.1 Å². The van der Waals surface area contributed by atoms with E-state index in [1.165, 1.54) is 6.07 Å². The van der Waals surface area contributed by atoms with Crippen LogP contribution in [0, 0.1) is 5.82 Å². The maximum Gasteiger partial charge on any atom is 0.126 e. The van der Waals surface area contributed by atoms with E-state index in [1.54, 1.807) is 6.07 Å². The molecule has 0 aliphatic heterocycles. The number of rotatable bonds is 8. The van der Waals surface area contributed by atoms with Crippen molar-refractivity contribution in [2.45, 2.75) is 58.5 Å². The van der Waals surface area contributed by atoms with Gasteiger partial charge >= 0.3 is 0 Å². The molecular formula is C17H28BrFN2. The first-order chi connectivity index (χ1) is 9.94. The Balaban J connectivity index is 3.06. The number of nitrogens with zero attached hydrogens (tertiary/aromatic N) is 1. The van der Waals surface area contributed by atoms with Gasteiger partial charge in [0, 0.05) is 16.1 Å². The van der Waals surface area contributed by atoms with Crippen LogP contribution in [0.1, 0.15) is 46.1 Å². The first-order valence-corrected chi connectivity index (χ1v) is 8.68. The smallest absolute Gasteiger partial charge is 0.126 e. The molecule has 21 heavy (non-hydrogen) atoms. The average molecular weight is 359 g/mol. The second-order valence-corrected chi connectivity index (χ2v) is 6.44. The third-order valence-electron chi connectivity index (χ3n) is 4.76. The molecule has 0 fully saturated rings. The summed E-state index contributed by atoms with van der Waals surface area (Å²) in [6.45, 7) is 10.6.